The first kappa shape index (κ1) is 22.0. The monoisotopic (exact) mass is 441 g/mol. The molecule has 0 saturated heterocycles. The molecule has 0 bridgehead atoms. The largest absolute Gasteiger partial charge is 0.462 e. The molecule has 2 amide bonds. The fourth-order valence-corrected chi connectivity index (χ4v) is 3.84. The first-order chi connectivity index (χ1) is 14.9. The van der Waals surface area contributed by atoms with E-state index in [-0.39, 0.29) is 28.7 Å². The van der Waals surface area contributed by atoms with Crippen molar-refractivity contribution in [1.82, 2.24) is 0 Å². The predicted molar refractivity (Wildman–Crippen MR) is 113 cm³/mol. The molecule has 3 rings (SSSR count). The Labute approximate surface area is 182 Å². The van der Waals surface area contributed by atoms with Crippen molar-refractivity contribution >= 4 is 51.5 Å². The highest BCUT2D eigenvalue weighted by atomic mass is 32.1. The zero-order valence-corrected chi connectivity index (χ0v) is 17.9. The topological polar surface area (TPSA) is 115 Å². The third kappa shape index (κ3) is 4.58. The number of esters is 2. The summed E-state index contributed by atoms with van der Waals surface area (Å²) in [7, 11) is 0. The molecule has 0 saturated carbocycles. The predicted octanol–water partition coefficient (Wildman–Crippen LogP) is 4.25. The number of carbonyl (C=O) groups is 4. The Hall–Kier alpha value is -3.66. The van der Waals surface area contributed by atoms with Gasteiger partial charge in [-0.3, -0.25) is 9.59 Å². The van der Waals surface area contributed by atoms with Crippen molar-refractivity contribution in [2.45, 2.75) is 20.8 Å². The van der Waals surface area contributed by atoms with E-state index in [9.17, 15) is 19.2 Å². The number of nitrogens with zero attached hydrogens (tertiary/aromatic N) is 3. The minimum atomic E-state index is -0.602. The molecule has 0 N–H and O–H groups in total. The van der Waals surface area contributed by atoms with E-state index in [4.69, 9.17) is 9.47 Å². The van der Waals surface area contributed by atoms with Gasteiger partial charge in [0.2, 0.25) is 0 Å². The Morgan fingerprint density at radius 3 is 2.10 bits per heavy atom. The highest BCUT2D eigenvalue weighted by Crippen LogP contribution is 2.37. The molecule has 10 heteroatoms. The van der Waals surface area contributed by atoms with Crippen LogP contribution in [0, 0.1) is 6.92 Å². The molecule has 0 unspecified atom stereocenters. The van der Waals surface area contributed by atoms with Crippen LogP contribution < -0.4 is 4.90 Å². The van der Waals surface area contributed by atoms with Crippen molar-refractivity contribution in [2.75, 3.05) is 18.1 Å². The molecular weight excluding hydrogens is 422 g/mol. The first-order valence-corrected chi connectivity index (χ1v) is 10.2. The van der Waals surface area contributed by atoms with Gasteiger partial charge in [0, 0.05) is 12.2 Å². The number of amides is 2. The standard InChI is InChI=1S/C21H19N3O6S/c1-4-29-20(27)17-12(3)18(21(28)30-5-2)31-19(17)23-22-13-6-8-14(9-7-13)24-15(25)10-11-16(24)26/h6-11H,4-5H2,1-3H3. The molecule has 1 aliphatic rings. The van der Waals surface area contributed by atoms with Crippen LogP contribution in [0.2, 0.25) is 0 Å². The summed E-state index contributed by atoms with van der Waals surface area (Å²) < 4.78 is 10.1. The second kappa shape index (κ2) is 9.43. The second-order valence-corrected chi connectivity index (χ2v) is 7.24. The minimum absolute atomic E-state index is 0.162. The second-order valence-electron chi connectivity index (χ2n) is 6.24. The molecule has 1 aliphatic heterocycles. The number of azo groups is 1. The van der Waals surface area contributed by atoms with Crippen molar-refractivity contribution < 1.29 is 28.7 Å². The summed E-state index contributed by atoms with van der Waals surface area (Å²) in [5, 5.41) is 8.47. The number of rotatable bonds is 7. The number of benzene rings is 1. The van der Waals surface area contributed by atoms with Gasteiger partial charge < -0.3 is 9.47 Å². The Balaban J connectivity index is 1.89. The van der Waals surface area contributed by atoms with E-state index in [2.05, 4.69) is 10.2 Å². The maximum Gasteiger partial charge on any atom is 0.348 e. The number of thiophene rings is 1. The Bertz CT molecular complexity index is 1080. The van der Waals surface area contributed by atoms with Crippen LogP contribution in [0.5, 0.6) is 0 Å². The van der Waals surface area contributed by atoms with E-state index in [1.54, 1.807) is 45.0 Å². The van der Waals surface area contributed by atoms with Gasteiger partial charge in [-0.05, 0) is 50.6 Å². The molecular formula is C21H19N3O6S. The van der Waals surface area contributed by atoms with Gasteiger partial charge in [-0.15, -0.1) is 21.6 Å². The van der Waals surface area contributed by atoms with Gasteiger partial charge >= 0.3 is 11.9 Å². The highest BCUT2D eigenvalue weighted by molar-refractivity contribution is 7.18. The minimum Gasteiger partial charge on any atom is -0.462 e. The van der Waals surface area contributed by atoms with Crippen LogP contribution in [0.25, 0.3) is 0 Å². The van der Waals surface area contributed by atoms with Crippen molar-refractivity contribution in [3.8, 4) is 0 Å². The summed E-state index contributed by atoms with van der Waals surface area (Å²) in [6, 6.07) is 6.28. The van der Waals surface area contributed by atoms with Crippen LogP contribution >= 0.6 is 11.3 Å². The maximum atomic E-state index is 12.4. The van der Waals surface area contributed by atoms with Crippen LogP contribution in [0.3, 0.4) is 0 Å². The summed E-state index contributed by atoms with van der Waals surface area (Å²) in [5.74, 6) is -1.98. The van der Waals surface area contributed by atoms with E-state index in [1.807, 2.05) is 0 Å². The molecule has 2 heterocycles. The van der Waals surface area contributed by atoms with Crippen LogP contribution in [-0.4, -0.2) is 37.0 Å². The lowest BCUT2D eigenvalue weighted by Crippen LogP contribution is -2.29. The third-order valence-electron chi connectivity index (χ3n) is 4.24. The van der Waals surface area contributed by atoms with Crippen LogP contribution in [0.1, 0.15) is 39.4 Å². The molecule has 31 heavy (non-hydrogen) atoms. The Morgan fingerprint density at radius 1 is 0.935 bits per heavy atom. The lowest BCUT2D eigenvalue weighted by molar-refractivity contribution is -0.120. The van der Waals surface area contributed by atoms with Gasteiger partial charge in [-0.25, -0.2) is 14.5 Å². The zero-order chi connectivity index (χ0) is 22.5. The van der Waals surface area contributed by atoms with E-state index < -0.39 is 23.8 Å². The Kier molecular flexibility index (Phi) is 6.71. The number of anilines is 1. The lowest BCUT2D eigenvalue weighted by Gasteiger charge is -2.13. The van der Waals surface area contributed by atoms with E-state index in [0.717, 1.165) is 16.2 Å². The average molecular weight is 441 g/mol. The highest BCUT2D eigenvalue weighted by Gasteiger charge is 2.27. The van der Waals surface area contributed by atoms with Crippen molar-refractivity contribution in [2.24, 2.45) is 10.2 Å². The Morgan fingerprint density at radius 2 is 1.52 bits per heavy atom. The summed E-state index contributed by atoms with van der Waals surface area (Å²) in [6.45, 7) is 5.37. The maximum absolute atomic E-state index is 12.4. The summed E-state index contributed by atoms with van der Waals surface area (Å²) in [4.78, 5) is 49.4. The summed E-state index contributed by atoms with van der Waals surface area (Å²) >= 11 is 0.990. The molecule has 0 spiro atoms. The SMILES string of the molecule is CCOC(=O)c1sc(N=Nc2ccc(N3C(=O)C=CC3=O)cc2)c(C(=O)OCC)c1C. The average Bonchev–Trinajstić information content (AvgIpc) is 3.26. The van der Waals surface area contributed by atoms with Crippen LogP contribution in [-0.2, 0) is 19.1 Å². The number of hydrogen-bond donors (Lipinski definition) is 0. The number of hydrogen-bond acceptors (Lipinski definition) is 9. The van der Waals surface area contributed by atoms with Gasteiger partial charge in [0.25, 0.3) is 11.8 Å². The molecule has 0 radical (unpaired) electrons. The smallest absolute Gasteiger partial charge is 0.348 e. The molecule has 1 aromatic carbocycles. The van der Waals surface area contributed by atoms with E-state index in [0.29, 0.717) is 16.9 Å². The number of imide groups is 1. The molecule has 0 atom stereocenters. The quantitative estimate of drug-likeness (QED) is 0.360. The zero-order valence-electron chi connectivity index (χ0n) is 17.1. The molecule has 160 valence electrons. The first-order valence-electron chi connectivity index (χ1n) is 9.42. The van der Waals surface area contributed by atoms with Gasteiger partial charge in [0.05, 0.1) is 24.6 Å². The van der Waals surface area contributed by atoms with Crippen LogP contribution in [0.4, 0.5) is 16.4 Å². The third-order valence-corrected chi connectivity index (χ3v) is 5.40. The van der Waals surface area contributed by atoms with Crippen molar-refractivity contribution in [1.29, 1.82) is 0 Å². The van der Waals surface area contributed by atoms with Crippen molar-refractivity contribution in [3.63, 3.8) is 0 Å². The van der Waals surface area contributed by atoms with Gasteiger partial charge in [-0.1, -0.05) is 0 Å². The molecule has 0 fully saturated rings. The normalized spacial score (nSPS) is 13.3. The van der Waals surface area contributed by atoms with Crippen molar-refractivity contribution in [3.05, 3.63) is 52.4 Å². The molecule has 9 nitrogen and oxygen atoms in total. The fraction of sp³-hybridized carbons (Fsp3) is 0.238. The summed E-state index contributed by atoms with van der Waals surface area (Å²) in [5.41, 5.74) is 1.41. The fourth-order valence-electron chi connectivity index (χ4n) is 2.83. The summed E-state index contributed by atoms with van der Waals surface area (Å²) in [6.07, 6.45) is 2.40. The number of ether oxygens (including phenoxy) is 2. The number of carbonyl (C=O) groups excluding carboxylic acids is 4. The van der Waals surface area contributed by atoms with Crippen LogP contribution in [0.15, 0.2) is 46.6 Å². The van der Waals surface area contributed by atoms with Gasteiger partial charge in [0.15, 0.2) is 5.00 Å². The molecule has 0 aliphatic carbocycles. The van der Waals surface area contributed by atoms with E-state index in [1.165, 1.54) is 12.2 Å². The van der Waals surface area contributed by atoms with Gasteiger partial charge in [0.1, 0.15) is 10.4 Å². The molecule has 2 aromatic rings. The lowest BCUT2D eigenvalue weighted by atomic mass is 10.1. The van der Waals surface area contributed by atoms with E-state index >= 15 is 0 Å². The van der Waals surface area contributed by atoms with Gasteiger partial charge in [-0.2, -0.15) is 0 Å². The molecule has 1 aromatic heterocycles.